The number of alkyl halides is 1. The molecule has 4 rings (SSSR count). The van der Waals surface area contributed by atoms with Crippen LogP contribution in [0.15, 0.2) is 55.6 Å². The van der Waals surface area contributed by atoms with Gasteiger partial charge < -0.3 is 24.5 Å². The molecular weight excluding hydrogens is 598 g/mol. The lowest BCUT2D eigenvalue weighted by Crippen LogP contribution is -2.59. The fourth-order valence-electron chi connectivity index (χ4n) is 7.26. The van der Waals surface area contributed by atoms with Gasteiger partial charge in [-0.15, -0.1) is 13.2 Å². The first-order valence-electron chi connectivity index (χ1n) is 15.4. The quantitative estimate of drug-likeness (QED) is 0.167. The molecule has 2 bridgehead atoms. The van der Waals surface area contributed by atoms with Crippen molar-refractivity contribution in [3.63, 3.8) is 0 Å². The fourth-order valence-corrected chi connectivity index (χ4v) is 8.20. The molecule has 3 heterocycles. The third-order valence-corrected chi connectivity index (χ3v) is 9.86. The molecule has 42 heavy (non-hydrogen) atoms. The molecule has 1 aromatic carbocycles. The Morgan fingerprint density at radius 3 is 2.36 bits per heavy atom. The van der Waals surface area contributed by atoms with Crippen molar-refractivity contribution in [2.45, 2.75) is 81.0 Å². The van der Waals surface area contributed by atoms with E-state index < -0.39 is 35.6 Å². The van der Waals surface area contributed by atoms with E-state index in [1.165, 1.54) is 0 Å². The van der Waals surface area contributed by atoms with Crippen molar-refractivity contribution >= 4 is 33.7 Å². The normalized spacial score (nSPS) is 28.4. The number of carbonyl (C=O) groups excluding carboxylic acids is 3. The van der Waals surface area contributed by atoms with Crippen molar-refractivity contribution in [3.8, 4) is 0 Å². The number of fused-ring (bicyclic) bond motifs is 1. The fraction of sp³-hybridized carbons (Fsp3) is 0.606. The molecule has 3 saturated heterocycles. The van der Waals surface area contributed by atoms with Crippen LogP contribution >= 0.6 is 15.9 Å². The number of amides is 3. The van der Waals surface area contributed by atoms with Crippen LogP contribution in [0, 0.1) is 11.8 Å². The number of ether oxygens (including phenoxy) is 1. The van der Waals surface area contributed by atoms with E-state index in [1.807, 2.05) is 37.3 Å². The zero-order chi connectivity index (χ0) is 30.4. The smallest absolute Gasteiger partial charge is 0.248 e. The summed E-state index contributed by atoms with van der Waals surface area (Å²) in [5.74, 6) is -2.18. The van der Waals surface area contributed by atoms with Crippen LogP contribution in [0.3, 0.4) is 0 Å². The number of halogens is 1. The molecule has 230 valence electrons. The SMILES string of the molecule is C=CCN(CCCCC)C(=O)C1N([C@@H](CO)Cc2ccccc2)C(=O)[C@@H]2[C@H](C(=O)N(CC=C)CCC)[C@H]3OC12CC3Br. The van der Waals surface area contributed by atoms with E-state index in [1.54, 1.807) is 26.9 Å². The van der Waals surface area contributed by atoms with Gasteiger partial charge in [0.2, 0.25) is 17.7 Å². The highest BCUT2D eigenvalue weighted by atomic mass is 79.9. The number of likely N-dealkylation sites (tertiary alicyclic amines) is 1. The minimum absolute atomic E-state index is 0.145. The number of hydrogen-bond donors (Lipinski definition) is 1. The molecule has 1 aromatic rings. The maximum atomic E-state index is 14.6. The van der Waals surface area contributed by atoms with Gasteiger partial charge in [0.25, 0.3) is 0 Å². The highest BCUT2D eigenvalue weighted by molar-refractivity contribution is 9.09. The summed E-state index contributed by atoms with van der Waals surface area (Å²) in [5, 5.41) is 10.7. The first kappa shape index (κ1) is 32.4. The molecule has 8 nitrogen and oxygen atoms in total. The topological polar surface area (TPSA) is 90.4 Å². The predicted molar refractivity (Wildman–Crippen MR) is 167 cm³/mol. The van der Waals surface area contributed by atoms with E-state index in [-0.39, 0.29) is 29.2 Å². The van der Waals surface area contributed by atoms with E-state index in [0.29, 0.717) is 39.0 Å². The third-order valence-electron chi connectivity index (χ3n) is 9.01. The summed E-state index contributed by atoms with van der Waals surface area (Å²) < 4.78 is 6.73. The van der Waals surface area contributed by atoms with Crippen LogP contribution in [-0.4, -0.2) is 98.9 Å². The van der Waals surface area contributed by atoms with Gasteiger partial charge in [-0.25, -0.2) is 0 Å². The number of aliphatic hydroxyl groups is 1. The van der Waals surface area contributed by atoms with Crippen molar-refractivity contribution in [3.05, 3.63) is 61.2 Å². The maximum absolute atomic E-state index is 14.6. The van der Waals surface area contributed by atoms with Gasteiger partial charge in [-0.05, 0) is 31.2 Å². The minimum atomic E-state index is -1.17. The van der Waals surface area contributed by atoms with E-state index in [2.05, 4.69) is 36.0 Å². The summed E-state index contributed by atoms with van der Waals surface area (Å²) in [6, 6.07) is 8.05. The number of rotatable bonds is 16. The molecule has 1 spiro atoms. The first-order valence-corrected chi connectivity index (χ1v) is 16.3. The Morgan fingerprint density at radius 2 is 1.76 bits per heavy atom. The van der Waals surface area contributed by atoms with E-state index in [0.717, 1.165) is 31.2 Å². The van der Waals surface area contributed by atoms with E-state index in [4.69, 9.17) is 4.74 Å². The van der Waals surface area contributed by atoms with Gasteiger partial charge in [-0.1, -0.05) is 85.1 Å². The Bertz CT molecular complexity index is 1130. The Hall–Kier alpha value is -2.49. The van der Waals surface area contributed by atoms with Crippen LogP contribution in [0.5, 0.6) is 0 Å². The molecular formula is C33H46BrN3O5. The van der Waals surface area contributed by atoms with Crippen LogP contribution in [-0.2, 0) is 25.5 Å². The molecule has 3 fully saturated rings. The van der Waals surface area contributed by atoms with Crippen LogP contribution in [0.2, 0.25) is 0 Å². The van der Waals surface area contributed by atoms with E-state index in [9.17, 15) is 19.5 Å². The van der Waals surface area contributed by atoms with Crippen LogP contribution in [0.4, 0.5) is 0 Å². The Labute approximate surface area is 258 Å². The lowest BCUT2D eigenvalue weighted by molar-refractivity contribution is -0.151. The second-order valence-electron chi connectivity index (χ2n) is 11.8. The number of benzene rings is 1. The summed E-state index contributed by atoms with van der Waals surface area (Å²) in [7, 11) is 0. The zero-order valence-corrected chi connectivity index (χ0v) is 26.6. The van der Waals surface area contributed by atoms with Gasteiger partial charge in [0, 0.05) is 31.0 Å². The van der Waals surface area contributed by atoms with Gasteiger partial charge >= 0.3 is 0 Å². The predicted octanol–water partition coefficient (Wildman–Crippen LogP) is 3.97. The van der Waals surface area contributed by atoms with Crippen molar-refractivity contribution in [1.82, 2.24) is 14.7 Å². The molecule has 3 amide bonds. The largest absolute Gasteiger partial charge is 0.394 e. The Morgan fingerprint density at radius 1 is 1.10 bits per heavy atom. The van der Waals surface area contributed by atoms with Gasteiger partial charge in [-0.3, -0.25) is 14.4 Å². The molecule has 0 radical (unpaired) electrons. The molecule has 3 aliphatic rings. The summed E-state index contributed by atoms with van der Waals surface area (Å²) >= 11 is 3.77. The lowest BCUT2D eigenvalue weighted by atomic mass is 9.70. The van der Waals surface area contributed by atoms with Crippen molar-refractivity contribution in [1.29, 1.82) is 0 Å². The average molecular weight is 645 g/mol. The van der Waals surface area contributed by atoms with E-state index >= 15 is 0 Å². The zero-order valence-electron chi connectivity index (χ0n) is 25.0. The highest BCUT2D eigenvalue weighted by Crippen LogP contribution is 2.61. The number of nitrogens with zero attached hydrogens (tertiary/aromatic N) is 3. The third kappa shape index (κ3) is 5.97. The Kier molecular flexibility index (Phi) is 11.1. The molecule has 0 aliphatic carbocycles. The van der Waals surface area contributed by atoms with Gasteiger partial charge in [0.1, 0.15) is 11.6 Å². The molecule has 0 aromatic heterocycles. The van der Waals surface area contributed by atoms with Crippen LogP contribution in [0.25, 0.3) is 0 Å². The lowest BCUT2D eigenvalue weighted by Gasteiger charge is -2.39. The summed E-state index contributed by atoms with van der Waals surface area (Å²) in [4.78, 5) is 48.2. The molecule has 3 unspecified atom stereocenters. The van der Waals surface area contributed by atoms with Crippen molar-refractivity contribution in [2.24, 2.45) is 11.8 Å². The summed E-state index contributed by atoms with van der Waals surface area (Å²) in [5.41, 5.74) is -0.222. The second kappa shape index (κ2) is 14.3. The summed E-state index contributed by atoms with van der Waals surface area (Å²) in [6.07, 6.45) is 7.28. The molecule has 1 N–H and O–H groups in total. The average Bonchev–Trinajstić information content (AvgIpc) is 3.58. The number of unbranched alkanes of at least 4 members (excludes halogenated alkanes) is 2. The standard InChI is InChI=1S/C33H46BrN3O5/c1-5-9-13-19-36(18-8-4)32(41)29-33-21-25(34)28(42-33)26(30(39)35(16-6-2)17-7-3)27(33)31(40)37(29)24(22-38)20-23-14-11-10-12-15-23/h6,8,10-12,14-15,24-29,38H,2,4-5,7,9,13,16-22H2,1,3H3/t24-,25?,26+,27+,28+,29?,33?/m1/s1. The molecule has 0 saturated carbocycles. The second-order valence-corrected chi connectivity index (χ2v) is 13.0. The van der Waals surface area contributed by atoms with Crippen molar-refractivity contribution < 1.29 is 24.2 Å². The Balaban J connectivity index is 1.79. The molecule has 7 atom stereocenters. The van der Waals surface area contributed by atoms with Crippen molar-refractivity contribution in [2.75, 3.05) is 32.8 Å². The van der Waals surface area contributed by atoms with Gasteiger partial charge in [0.05, 0.1) is 30.6 Å². The molecule has 3 aliphatic heterocycles. The monoisotopic (exact) mass is 643 g/mol. The van der Waals surface area contributed by atoms with Gasteiger partial charge in [0.15, 0.2) is 0 Å². The summed E-state index contributed by atoms with van der Waals surface area (Å²) in [6.45, 7) is 13.3. The first-order chi connectivity index (χ1) is 20.3. The van der Waals surface area contributed by atoms with Crippen LogP contribution in [0.1, 0.15) is 51.5 Å². The van der Waals surface area contributed by atoms with Crippen LogP contribution < -0.4 is 0 Å². The van der Waals surface area contributed by atoms with Gasteiger partial charge in [-0.2, -0.15) is 0 Å². The minimum Gasteiger partial charge on any atom is -0.394 e. The molecule has 9 heteroatoms. The number of hydrogen-bond acceptors (Lipinski definition) is 5. The maximum Gasteiger partial charge on any atom is 0.248 e. The number of carbonyl (C=O) groups is 3. The highest BCUT2D eigenvalue weighted by Gasteiger charge is 2.77. The number of aliphatic hydroxyl groups excluding tert-OH is 1.